The minimum absolute atomic E-state index is 0.0351. The molecule has 1 fully saturated rings. The summed E-state index contributed by atoms with van der Waals surface area (Å²) < 4.78 is 43.3. The van der Waals surface area contributed by atoms with Gasteiger partial charge in [-0.2, -0.15) is 0 Å². The first kappa shape index (κ1) is 18.4. The summed E-state index contributed by atoms with van der Waals surface area (Å²) in [5.74, 6) is 1.17. The van der Waals surface area contributed by atoms with Gasteiger partial charge in [-0.05, 0) is 54.4 Å². The lowest BCUT2D eigenvalue weighted by Gasteiger charge is -2.09. The van der Waals surface area contributed by atoms with Crippen molar-refractivity contribution in [1.29, 1.82) is 0 Å². The Balaban J connectivity index is 1.85. The van der Waals surface area contributed by atoms with Gasteiger partial charge in [-0.1, -0.05) is 0 Å². The molecular weight excluding hydrogens is 382 g/mol. The molecule has 146 valence electrons. The molecule has 1 aliphatic rings. The number of methoxy groups -OCH3 is 2. The number of carbonyl (C=O) groups is 1. The van der Waals surface area contributed by atoms with Crippen molar-refractivity contribution in [2.75, 3.05) is 14.2 Å². The second-order valence-electron chi connectivity index (χ2n) is 6.56. The van der Waals surface area contributed by atoms with Gasteiger partial charge in [-0.3, -0.25) is 4.79 Å². The Morgan fingerprint density at radius 1 is 1.04 bits per heavy atom. The monoisotopic (exact) mass is 401 g/mol. The van der Waals surface area contributed by atoms with Crippen molar-refractivity contribution >= 4 is 27.4 Å². The summed E-state index contributed by atoms with van der Waals surface area (Å²) in [5, 5.41) is 0.762. The Hall–Kier alpha value is -3.00. The molecule has 0 amide bonds. The van der Waals surface area contributed by atoms with Crippen LogP contribution in [-0.4, -0.2) is 39.2 Å². The van der Waals surface area contributed by atoms with Gasteiger partial charge >= 0.3 is 0 Å². The molecule has 0 saturated heterocycles. The van der Waals surface area contributed by atoms with Crippen LogP contribution in [0.15, 0.2) is 53.6 Å². The van der Waals surface area contributed by atoms with E-state index in [2.05, 4.69) is 0 Å². The number of benzene rings is 2. The topological polar surface area (TPSA) is 83.8 Å². The van der Waals surface area contributed by atoms with Crippen LogP contribution in [0.4, 0.5) is 0 Å². The van der Waals surface area contributed by atoms with E-state index in [1.54, 1.807) is 43.6 Å². The van der Waals surface area contributed by atoms with Crippen LogP contribution in [0.1, 0.15) is 17.9 Å². The Bertz CT molecular complexity index is 1130. The third-order valence-electron chi connectivity index (χ3n) is 4.99. The van der Waals surface area contributed by atoms with Crippen molar-refractivity contribution in [3.05, 3.63) is 54.2 Å². The minimum atomic E-state index is -3.81. The first-order chi connectivity index (χ1) is 13.5. The van der Waals surface area contributed by atoms with Crippen LogP contribution in [0, 0.1) is 0 Å². The summed E-state index contributed by atoms with van der Waals surface area (Å²) in [7, 11) is -0.734. The summed E-state index contributed by atoms with van der Waals surface area (Å²) >= 11 is 0. The molecule has 0 aliphatic heterocycles. The van der Waals surface area contributed by atoms with E-state index in [9.17, 15) is 13.2 Å². The van der Waals surface area contributed by atoms with Gasteiger partial charge in [0.05, 0.1) is 24.6 Å². The van der Waals surface area contributed by atoms with Gasteiger partial charge < -0.3 is 14.2 Å². The molecule has 3 aromatic rings. The quantitative estimate of drug-likeness (QED) is 0.566. The zero-order valence-electron chi connectivity index (χ0n) is 15.4. The van der Waals surface area contributed by atoms with Crippen LogP contribution >= 0.6 is 0 Å². The molecule has 2 unspecified atom stereocenters. The van der Waals surface area contributed by atoms with Crippen LogP contribution in [0.3, 0.4) is 0 Å². The number of hydrogen-bond acceptors (Lipinski definition) is 6. The van der Waals surface area contributed by atoms with Crippen molar-refractivity contribution in [1.82, 2.24) is 3.97 Å². The fourth-order valence-corrected chi connectivity index (χ4v) is 4.78. The lowest BCUT2D eigenvalue weighted by atomic mass is 10.1. The highest BCUT2D eigenvalue weighted by molar-refractivity contribution is 7.90. The Morgan fingerprint density at radius 2 is 1.71 bits per heavy atom. The molecule has 1 saturated carbocycles. The highest BCUT2D eigenvalue weighted by Crippen LogP contribution is 2.47. The second-order valence-corrected chi connectivity index (χ2v) is 8.37. The van der Waals surface area contributed by atoms with Crippen LogP contribution in [0.25, 0.3) is 10.9 Å². The summed E-state index contributed by atoms with van der Waals surface area (Å²) in [4.78, 5) is 10.8. The molecule has 2 aromatic carbocycles. The van der Waals surface area contributed by atoms with Gasteiger partial charge in [0.15, 0.2) is 0 Å². The number of nitrogens with zero attached hydrogens (tertiary/aromatic N) is 1. The van der Waals surface area contributed by atoms with Crippen LogP contribution in [0.2, 0.25) is 0 Å². The van der Waals surface area contributed by atoms with Crippen LogP contribution in [0.5, 0.6) is 11.5 Å². The van der Waals surface area contributed by atoms with Gasteiger partial charge in [-0.15, -0.1) is 0 Å². The van der Waals surface area contributed by atoms with Gasteiger partial charge in [-0.25, -0.2) is 12.4 Å². The molecule has 1 aromatic heterocycles. The number of rotatable bonds is 7. The Labute approximate surface area is 162 Å². The standard InChI is InChI=1S/C20H19NO6S/c1-25-13-3-6-15(7-4-13)28(23,24)21-11-18(17-10-20(17)27-12-22)16-9-14(26-2)5-8-19(16)21/h3-9,11-12,17,20H,10H2,1-2H3. The number of ether oxygens (including phenoxy) is 3. The van der Waals surface area contributed by atoms with E-state index in [0.717, 1.165) is 10.9 Å². The van der Waals surface area contributed by atoms with E-state index in [-0.39, 0.29) is 16.9 Å². The third kappa shape index (κ3) is 2.99. The number of carbonyl (C=O) groups excluding carboxylic acids is 1. The summed E-state index contributed by atoms with van der Waals surface area (Å²) in [6, 6.07) is 11.5. The molecular formula is C20H19NO6S. The minimum Gasteiger partial charge on any atom is -0.497 e. The van der Waals surface area contributed by atoms with Crippen LogP contribution < -0.4 is 9.47 Å². The number of fused-ring (bicyclic) bond motifs is 1. The maximum absolute atomic E-state index is 13.3. The molecule has 28 heavy (non-hydrogen) atoms. The molecule has 1 heterocycles. The third-order valence-corrected chi connectivity index (χ3v) is 6.67. The number of aromatic nitrogens is 1. The smallest absolute Gasteiger partial charge is 0.293 e. The van der Waals surface area contributed by atoms with Crippen molar-refractivity contribution in [3.8, 4) is 11.5 Å². The van der Waals surface area contributed by atoms with Crippen molar-refractivity contribution in [3.63, 3.8) is 0 Å². The van der Waals surface area contributed by atoms with Gasteiger partial charge in [0.2, 0.25) is 0 Å². The van der Waals surface area contributed by atoms with Crippen LogP contribution in [-0.2, 0) is 19.6 Å². The molecule has 0 bridgehead atoms. The Morgan fingerprint density at radius 3 is 2.36 bits per heavy atom. The molecule has 7 nitrogen and oxygen atoms in total. The first-order valence-electron chi connectivity index (χ1n) is 8.67. The molecule has 1 aliphatic carbocycles. The molecule has 2 atom stereocenters. The van der Waals surface area contributed by atoms with Crippen molar-refractivity contribution in [2.45, 2.75) is 23.3 Å². The fourth-order valence-electron chi connectivity index (χ4n) is 3.41. The lowest BCUT2D eigenvalue weighted by molar-refractivity contribution is -0.129. The van der Waals surface area contributed by atoms with E-state index in [1.807, 2.05) is 0 Å². The molecule has 4 rings (SSSR count). The lowest BCUT2D eigenvalue weighted by Crippen LogP contribution is -2.11. The van der Waals surface area contributed by atoms with E-state index < -0.39 is 10.0 Å². The number of hydrogen-bond donors (Lipinski definition) is 0. The Kier molecular flexibility index (Phi) is 4.50. The van der Waals surface area contributed by atoms with E-state index in [1.165, 1.54) is 23.2 Å². The van der Waals surface area contributed by atoms with E-state index in [0.29, 0.717) is 29.9 Å². The maximum atomic E-state index is 13.3. The molecule has 0 radical (unpaired) electrons. The second kappa shape index (κ2) is 6.87. The zero-order chi connectivity index (χ0) is 19.9. The highest BCUT2D eigenvalue weighted by Gasteiger charge is 2.43. The largest absolute Gasteiger partial charge is 0.497 e. The van der Waals surface area contributed by atoms with Gasteiger partial charge in [0, 0.05) is 17.5 Å². The summed E-state index contributed by atoms with van der Waals surface area (Å²) in [6.45, 7) is 0.429. The zero-order valence-corrected chi connectivity index (χ0v) is 16.2. The van der Waals surface area contributed by atoms with Gasteiger partial charge in [0.1, 0.15) is 17.6 Å². The van der Waals surface area contributed by atoms with E-state index in [4.69, 9.17) is 14.2 Å². The first-order valence-corrected chi connectivity index (χ1v) is 10.1. The summed E-state index contributed by atoms with van der Waals surface area (Å²) in [5.41, 5.74) is 1.36. The molecule has 0 N–H and O–H groups in total. The van der Waals surface area contributed by atoms with E-state index >= 15 is 0 Å². The summed E-state index contributed by atoms with van der Waals surface area (Å²) in [6.07, 6.45) is 2.05. The van der Waals surface area contributed by atoms with Crippen molar-refractivity contribution in [2.24, 2.45) is 0 Å². The fraction of sp³-hybridized carbons (Fsp3) is 0.250. The van der Waals surface area contributed by atoms with Crippen molar-refractivity contribution < 1.29 is 27.4 Å². The molecule has 0 spiro atoms. The normalized spacial score (nSPS) is 18.6. The molecule has 8 heteroatoms. The maximum Gasteiger partial charge on any atom is 0.293 e. The average molecular weight is 401 g/mol. The van der Waals surface area contributed by atoms with Gasteiger partial charge in [0.25, 0.3) is 16.5 Å². The SMILES string of the molecule is COc1ccc(S(=O)(=O)n2cc(C3CC3OC=O)c3cc(OC)ccc32)cc1. The predicted molar refractivity (Wildman–Crippen MR) is 102 cm³/mol. The average Bonchev–Trinajstić information content (AvgIpc) is 3.37. The highest BCUT2D eigenvalue weighted by atomic mass is 32.2. The predicted octanol–water partition coefficient (Wildman–Crippen LogP) is 2.92.